The number of aryl methyl sites for hydroxylation is 1. The third-order valence-electron chi connectivity index (χ3n) is 4.14. The van der Waals surface area contributed by atoms with Crippen LogP contribution in [0.15, 0.2) is 30.9 Å². The molecule has 2 aromatic rings. The minimum Gasteiger partial charge on any atom is -0.322 e. The summed E-state index contributed by atoms with van der Waals surface area (Å²) in [5.41, 5.74) is 1.10. The molecule has 1 aromatic carbocycles. The molecular formula is C15H18N6O3. The maximum Gasteiger partial charge on any atom is 0.321 e. The van der Waals surface area contributed by atoms with Crippen molar-refractivity contribution in [3.63, 3.8) is 0 Å². The molecule has 9 heteroatoms. The van der Waals surface area contributed by atoms with Gasteiger partial charge < -0.3 is 10.2 Å². The number of anilines is 1. The van der Waals surface area contributed by atoms with Gasteiger partial charge in [0.25, 0.3) is 5.69 Å². The Labute approximate surface area is 138 Å². The number of amides is 2. The van der Waals surface area contributed by atoms with Crippen LogP contribution < -0.4 is 5.32 Å². The molecule has 0 saturated carbocycles. The highest BCUT2D eigenvalue weighted by Crippen LogP contribution is 2.24. The molecule has 1 fully saturated rings. The van der Waals surface area contributed by atoms with Gasteiger partial charge in [-0.3, -0.25) is 10.1 Å². The van der Waals surface area contributed by atoms with Crippen molar-refractivity contribution < 1.29 is 9.72 Å². The molecule has 126 valence electrons. The van der Waals surface area contributed by atoms with Gasteiger partial charge in [0, 0.05) is 30.4 Å². The van der Waals surface area contributed by atoms with Gasteiger partial charge in [0.15, 0.2) is 0 Å². The van der Waals surface area contributed by atoms with Crippen LogP contribution in [-0.2, 0) is 0 Å². The zero-order valence-corrected chi connectivity index (χ0v) is 13.3. The monoisotopic (exact) mass is 330 g/mol. The average Bonchev–Trinajstić information content (AvgIpc) is 3.09. The molecule has 2 amide bonds. The van der Waals surface area contributed by atoms with Crippen LogP contribution in [0.3, 0.4) is 0 Å². The molecule has 24 heavy (non-hydrogen) atoms. The second-order valence-electron chi connectivity index (χ2n) is 5.81. The minimum atomic E-state index is -0.436. The lowest BCUT2D eigenvalue weighted by molar-refractivity contribution is -0.385. The van der Waals surface area contributed by atoms with E-state index in [2.05, 4.69) is 15.4 Å². The number of nitro groups is 1. The van der Waals surface area contributed by atoms with Crippen molar-refractivity contribution in [1.82, 2.24) is 19.7 Å². The van der Waals surface area contributed by atoms with Crippen LogP contribution in [0, 0.1) is 17.0 Å². The molecule has 0 aliphatic carbocycles. The van der Waals surface area contributed by atoms with Crippen molar-refractivity contribution in [3.8, 4) is 0 Å². The lowest BCUT2D eigenvalue weighted by Crippen LogP contribution is -2.43. The van der Waals surface area contributed by atoms with E-state index in [0.717, 1.165) is 12.8 Å². The molecule has 0 bridgehead atoms. The van der Waals surface area contributed by atoms with E-state index < -0.39 is 4.92 Å². The number of nitrogens with one attached hydrogen (secondary N) is 1. The van der Waals surface area contributed by atoms with Crippen molar-refractivity contribution in [3.05, 3.63) is 46.5 Å². The molecule has 3 rings (SSSR count). The number of hydrogen-bond acceptors (Lipinski definition) is 5. The van der Waals surface area contributed by atoms with Crippen LogP contribution in [0.4, 0.5) is 16.2 Å². The van der Waals surface area contributed by atoms with E-state index in [1.54, 1.807) is 35.0 Å². The lowest BCUT2D eigenvalue weighted by Gasteiger charge is -2.32. The van der Waals surface area contributed by atoms with Gasteiger partial charge in [-0.2, -0.15) is 5.10 Å². The van der Waals surface area contributed by atoms with Gasteiger partial charge in [-0.15, -0.1) is 0 Å². The number of aromatic nitrogens is 3. The quantitative estimate of drug-likeness (QED) is 0.687. The SMILES string of the molecule is Cc1cc(NC(=O)N2CCCC(n3cncn3)C2)ccc1[N+](=O)[O-]. The maximum atomic E-state index is 12.4. The molecule has 1 N–H and O–H groups in total. The molecule has 1 unspecified atom stereocenters. The third kappa shape index (κ3) is 3.34. The van der Waals surface area contributed by atoms with Crippen molar-refractivity contribution in [2.45, 2.75) is 25.8 Å². The Morgan fingerprint density at radius 3 is 2.96 bits per heavy atom. The normalized spacial score (nSPS) is 17.5. The van der Waals surface area contributed by atoms with E-state index in [0.29, 0.717) is 24.3 Å². The topological polar surface area (TPSA) is 106 Å². The fraction of sp³-hybridized carbons (Fsp3) is 0.400. The highest BCUT2D eigenvalue weighted by atomic mass is 16.6. The fourth-order valence-corrected chi connectivity index (χ4v) is 2.90. The second kappa shape index (κ2) is 6.65. The molecule has 1 saturated heterocycles. The van der Waals surface area contributed by atoms with Crippen LogP contribution in [-0.4, -0.2) is 43.7 Å². The van der Waals surface area contributed by atoms with Gasteiger partial charge in [-0.05, 0) is 31.9 Å². The summed E-state index contributed by atoms with van der Waals surface area (Å²) in [4.78, 5) is 28.5. The Morgan fingerprint density at radius 1 is 1.46 bits per heavy atom. The zero-order chi connectivity index (χ0) is 17.1. The number of urea groups is 1. The van der Waals surface area contributed by atoms with Crippen LogP contribution in [0.25, 0.3) is 0 Å². The van der Waals surface area contributed by atoms with E-state index in [-0.39, 0.29) is 17.8 Å². The van der Waals surface area contributed by atoms with Crippen molar-refractivity contribution >= 4 is 17.4 Å². The number of nitrogens with zero attached hydrogens (tertiary/aromatic N) is 5. The van der Waals surface area contributed by atoms with E-state index in [4.69, 9.17) is 0 Å². The largest absolute Gasteiger partial charge is 0.322 e. The van der Waals surface area contributed by atoms with Gasteiger partial charge >= 0.3 is 6.03 Å². The van der Waals surface area contributed by atoms with Crippen LogP contribution >= 0.6 is 0 Å². The molecule has 1 aliphatic heterocycles. The Kier molecular flexibility index (Phi) is 4.41. The standard InChI is InChI=1S/C15H18N6O3/c1-11-7-12(4-5-14(11)21(23)24)18-15(22)19-6-2-3-13(8-19)20-10-16-9-17-20/h4-5,7,9-10,13H,2-3,6,8H2,1H3,(H,18,22). The molecule has 0 radical (unpaired) electrons. The summed E-state index contributed by atoms with van der Waals surface area (Å²) in [6.45, 7) is 2.87. The summed E-state index contributed by atoms with van der Waals surface area (Å²) in [6.07, 6.45) is 4.98. The smallest absolute Gasteiger partial charge is 0.321 e. The molecule has 0 spiro atoms. The van der Waals surface area contributed by atoms with Crippen molar-refractivity contribution in [2.24, 2.45) is 0 Å². The first-order chi connectivity index (χ1) is 11.5. The lowest BCUT2D eigenvalue weighted by atomic mass is 10.1. The molecular weight excluding hydrogens is 312 g/mol. The van der Waals surface area contributed by atoms with Gasteiger partial charge in [-0.25, -0.2) is 14.5 Å². The Bertz CT molecular complexity index is 746. The summed E-state index contributed by atoms with van der Waals surface area (Å²) in [5.74, 6) is 0. The zero-order valence-electron chi connectivity index (χ0n) is 13.3. The van der Waals surface area contributed by atoms with Crippen LogP contribution in [0.1, 0.15) is 24.4 Å². The van der Waals surface area contributed by atoms with Crippen LogP contribution in [0.2, 0.25) is 0 Å². The molecule has 1 aromatic heterocycles. The van der Waals surface area contributed by atoms with Crippen LogP contribution in [0.5, 0.6) is 0 Å². The van der Waals surface area contributed by atoms with Crippen molar-refractivity contribution in [2.75, 3.05) is 18.4 Å². The highest BCUT2D eigenvalue weighted by molar-refractivity contribution is 5.89. The molecule has 2 heterocycles. The number of carbonyl (C=O) groups excluding carboxylic acids is 1. The predicted molar refractivity (Wildman–Crippen MR) is 86.7 cm³/mol. The first-order valence-corrected chi connectivity index (χ1v) is 7.69. The first kappa shape index (κ1) is 15.9. The summed E-state index contributed by atoms with van der Waals surface area (Å²) in [7, 11) is 0. The summed E-state index contributed by atoms with van der Waals surface area (Å²) in [6, 6.07) is 4.45. The number of likely N-dealkylation sites (tertiary alicyclic amines) is 1. The van der Waals surface area contributed by atoms with E-state index in [1.807, 2.05) is 0 Å². The van der Waals surface area contributed by atoms with Gasteiger partial charge in [-0.1, -0.05) is 0 Å². The highest BCUT2D eigenvalue weighted by Gasteiger charge is 2.25. The summed E-state index contributed by atoms with van der Waals surface area (Å²) in [5, 5.41) is 17.8. The maximum absolute atomic E-state index is 12.4. The number of carbonyl (C=O) groups is 1. The molecule has 9 nitrogen and oxygen atoms in total. The van der Waals surface area contributed by atoms with Crippen molar-refractivity contribution in [1.29, 1.82) is 0 Å². The van der Waals surface area contributed by atoms with E-state index >= 15 is 0 Å². The number of hydrogen-bond donors (Lipinski definition) is 1. The second-order valence-corrected chi connectivity index (χ2v) is 5.81. The van der Waals surface area contributed by atoms with Gasteiger partial charge in [0.05, 0.1) is 11.0 Å². The number of benzene rings is 1. The Morgan fingerprint density at radius 2 is 2.29 bits per heavy atom. The first-order valence-electron chi connectivity index (χ1n) is 7.69. The Hall–Kier alpha value is -2.97. The number of rotatable bonds is 3. The average molecular weight is 330 g/mol. The third-order valence-corrected chi connectivity index (χ3v) is 4.14. The Balaban J connectivity index is 1.66. The van der Waals surface area contributed by atoms with Gasteiger partial charge in [0.1, 0.15) is 12.7 Å². The minimum absolute atomic E-state index is 0.0391. The number of nitro benzene ring substituents is 1. The van der Waals surface area contributed by atoms with Gasteiger partial charge in [0.2, 0.25) is 0 Å². The fourth-order valence-electron chi connectivity index (χ4n) is 2.90. The molecule has 1 aliphatic rings. The van der Waals surface area contributed by atoms with E-state index in [9.17, 15) is 14.9 Å². The summed E-state index contributed by atoms with van der Waals surface area (Å²) >= 11 is 0. The molecule has 1 atom stereocenters. The number of piperidine rings is 1. The summed E-state index contributed by atoms with van der Waals surface area (Å²) < 4.78 is 1.77. The predicted octanol–water partition coefficient (Wildman–Crippen LogP) is 2.36. The van der Waals surface area contributed by atoms with E-state index in [1.165, 1.54) is 12.4 Å².